The lowest BCUT2D eigenvalue weighted by Crippen LogP contribution is -2.19. The first-order chi connectivity index (χ1) is 14.6. The zero-order valence-electron chi connectivity index (χ0n) is 15.8. The predicted octanol–water partition coefficient (Wildman–Crippen LogP) is 4.39. The number of aromatic carboxylic acids is 1. The summed E-state index contributed by atoms with van der Waals surface area (Å²) < 4.78 is 7.02. The van der Waals surface area contributed by atoms with E-state index in [1.54, 1.807) is 24.4 Å². The molecule has 0 unspecified atom stereocenters. The Morgan fingerprint density at radius 1 is 0.967 bits per heavy atom. The number of rotatable bonds is 4. The van der Waals surface area contributed by atoms with Gasteiger partial charge in [-0.25, -0.2) is 14.6 Å². The van der Waals surface area contributed by atoms with E-state index in [1.165, 1.54) is 4.40 Å². The van der Waals surface area contributed by atoms with Crippen LogP contribution >= 0.6 is 0 Å². The molecule has 0 aliphatic heterocycles. The number of hydrogen-bond donors (Lipinski definition) is 2. The second-order valence-electron chi connectivity index (χ2n) is 7.00. The number of carboxylic acids is 1. The monoisotopic (exact) mass is 399 g/mol. The lowest BCUT2D eigenvalue weighted by Gasteiger charge is -2.14. The highest BCUT2D eigenvalue weighted by atomic mass is 16.5. The second kappa shape index (κ2) is 7.04. The van der Waals surface area contributed by atoms with Crippen molar-refractivity contribution in [1.29, 1.82) is 0 Å². The summed E-state index contributed by atoms with van der Waals surface area (Å²) in [6, 6.07) is 21.2. The number of carbonyl (C=O) groups is 2. The maximum Gasteiger partial charge on any atom is 0.414 e. The molecular weight excluding hydrogens is 382 g/mol. The molecule has 2 aromatic heterocycles. The Labute approximate surface area is 171 Å². The number of nitrogens with zero attached hydrogens (tertiary/aromatic N) is 2. The van der Waals surface area contributed by atoms with Gasteiger partial charge in [0.1, 0.15) is 6.61 Å². The number of carbonyl (C=O) groups excluding carboxylic acids is 1. The van der Waals surface area contributed by atoms with E-state index in [2.05, 4.69) is 22.4 Å². The number of hydrogen-bond acceptors (Lipinski definition) is 4. The van der Waals surface area contributed by atoms with Gasteiger partial charge in [0.05, 0.1) is 5.52 Å². The number of ether oxygens (including phenoxy) is 1. The molecule has 148 valence electrons. The topological polar surface area (TPSA) is 92.9 Å². The lowest BCUT2D eigenvalue weighted by atomic mass is 9.98. The molecular formula is C23H17N3O4. The van der Waals surface area contributed by atoms with Gasteiger partial charge in [-0.1, -0.05) is 54.6 Å². The molecule has 30 heavy (non-hydrogen) atoms. The number of benzene rings is 2. The number of pyridine rings is 1. The third-order valence-corrected chi connectivity index (χ3v) is 5.31. The van der Waals surface area contributed by atoms with E-state index in [4.69, 9.17) is 4.74 Å². The Balaban J connectivity index is 1.37. The molecule has 5 rings (SSSR count). The maximum absolute atomic E-state index is 12.5. The number of fused-ring (bicyclic) bond motifs is 4. The first kappa shape index (κ1) is 17.9. The molecule has 7 nitrogen and oxygen atoms in total. The largest absolute Gasteiger partial charge is 0.476 e. The van der Waals surface area contributed by atoms with Crippen LogP contribution in [0.15, 0.2) is 72.9 Å². The van der Waals surface area contributed by atoms with Gasteiger partial charge in [-0.15, -0.1) is 0 Å². The van der Waals surface area contributed by atoms with Crippen LogP contribution in [0.5, 0.6) is 0 Å². The van der Waals surface area contributed by atoms with E-state index in [9.17, 15) is 14.7 Å². The van der Waals surface area contributed by atoms with Gasteiger partial charge in [-0.2, -0.15) is 0 Å². The molecule has 0 atom stereocenters. The van der Waals surface area contributed by atoms with E-state index in [-0.39, 0.29) is 24.2 Å². The number of imidazole rings is 1. The van der Waals surface area contributed by atoms with Crippen LogP contribution in [0, 0.1) is 0 Å². The molecule has 0 spiro atoms. The Hall–Kier alpha value is -4.13. The first-order valence-electron chi connectivity index (χ1n) is 9.46. The third-order valence-electron chi connectivity index (χ3n) is 5.31. The van der Waals surface area contributed by atoms with Crippen LogP contribution in [0.2, 0.25) is 0 Å². The smallest absolute Gasteiger partial charge is 0.414 e. The van der Waals surface area contributed by atoms with E-state index in [0.717, 1.165) is 22.3 Å². The highest BCUT2D eigenvalue weighted by Crippen LogP contribution is 2.44. The van der Waals surface area contributed by atoms with Crippen molar-refractivity contribution in [2.45, 2.75) is 5.92 Å². The molecule has 1 aliphatic carbocycles. The van der Waals surface area contributed by atoms with Gasteiger partial charge in [0.15, 0.2) is 5.69 Å². The van der Waals surface area contributed by atoms with Crippen LogP contribution < -0.4 is 5.32 Å². The van der Waals surface area contributed by atoms with Crippen molar-refractivity contribution in [3.63, 3.8) is 0 Å². The molecule has 0 bridgehead atoms. The number of carboxylic acid groups (broad SMARTS) is 1. The number of amides is 1. The molecule has 7 heteroatoms. The van der Waals surface area contributed by atoms with Crippen LogP contribution in [0.1, 0.15) is 27.5 Å². The standard InChI is InChI=1S/C23H17N3O4/c27-21(28)20-19-11-5-6-12-26(19)22(24-20)25-23(29)30-13-18-16-9-3-1-7-14(16)15-8-2-4-10-17(15)18/h1-12,18H,13H2,(H,27,28)(H,24,25,29). The zero-order valence-corrected chi connectivity index (χ0v) is 15.8. The Morgan fingerprint density at radius 2 is 1.60 bits per heavy atom. The minimum Gasteiger partial charge on any atom is -0.476 e. The predicted molar refractivity (Wildman–Crippen MR) is 111 cm³/mol. The quantitative estimate of drug-likeness (QED) is 0.531. The van der Waals surface area contributed by atoms with Crippen LogP contribution in [-0.2, 0) is 4.74 Å². The highest BCUT2D eigenvalue weighted by Gasteiger charge is 2.29. The summed E-state index contributed by atoms with van der Waals surface area (Å²) in [5, 5.41) is 11.9. The normalized spacial score (nSPS) is 12.4. The fraction of sp³-hybridized carbons (Fsp3) is 0.0870. The summed E-state index contributed by atoms with van der Waals surface area (Å²) in [4.78, 5) is 27.9. The van der Waals surface area contributed by atoms with Crippen molar-refractivity contribution in [2.75, 3.05) is 11.9 Å². The molecule has 1 aliphatic rings. The molecule has 4 aromatic rings. The van der Waals surface area contributed by atoms with Crippen LogP contribution in [-0.4, -0.2) is 33.2 Å². The fourth-order valence-electron chi connectivity index (χ4n) is 4.01. The molecule has 2 heterocycles. The maximum atomic E-state index is 12.5. The fourth-order valence-corrected chi connectivity index (χ4v) is 4.01. The highest BCUT2D eigenvalue weighted by molar-refractivity contribution is 5.95. The van der Waals surface area contributed by atoms with Crippen molar-refractivity contribution < 1.29 is 19.4 Å². The number of aromatic nitrogens is 2. The first-order valence-corrected chi connectivity index (χ1v) is 9.46. The summed E-state index contributed by atoms with van der Waals surface area (Å²) in [6.07, 6.45) is 0.943. The van der Waals surface area contributed by atoms with Crippen molar-refractivity contribution in [3.05, 3.63) is 89.7 Å². The third kappa shape index (κ3) is 2.88. The molecule has 2 aromatic carbocycles. The average molecular weight is 399 g/mol. The summed E-state index contributed by atoms with van der Waals surface area (Å²) in [6.45, 7) is 0.162. The number of nitrogens with one attached hydrogen (secondary N) is 1. The SMILES string of the molecule is O=C(Nc1nc(C(=O)O)c2ccccn12)OCC1c2ccccc2-c2ccccc21. The van der Waals surface area contributed by atoms with E-state index < -0.39 is 12.1 Å². The number of anilines is 1. The molecule has 0 saturated carbocycles. The molecule has 1 amide bonds. The second-order valence-corrected chi connectivity index (χ2v) is 7.00. The van der Waals surface area contributed by atoms with Crippen molar-refractivity contribution in [3.8, 4) is 11.1 Å². The van der Waals surface area contributed by atoms with E-state index in [1.807, 2.05) is 36.4 Å². The Kier molecular flexibility index (Phi) is 4.21. The minimum absolute atomic E-state index is 0.0604. The average Bonchev–Trinajstić information content (AvgIpc) is 3.29. The molecule has 0 fully saturated rings. The van der Waals surface area contributed by atoms with Crippen LogP contribution in [0.25, 0.3) is 16.6 Å². The Bertz CT molecular complexity index is 1250. The molecule has 2 N–H and O–H groups in total. The van der Waals surface area contributed by atoms with Gasteiger partial charge in [0.2, 0.25) is 5.95 Å². The van der Waals surface area contributed by atoms with Gasteiger partial charge in [0.25, 0.3) is 0 Å². The summed E-state index contributed by atoms with van der Waals surface area (Å²) in [7, 11) is 0. The van der Waals surface area contributed by atoms with E-state index in [0.29, 0.717) is 5.52 Å². The minimum atomic E-state index is -1.17. The van der Waals surface area contributed by atoms with E-state index >= 15 is 0 Å². The van der Waals surface area contributed by atoms with Gasteiger partial charge < -0.3 is 9.84 Å². The molecule has 0 radical (unpaired) electrons. The van der Waals surface area contributed by atoms with Gasteiger partial charge in [-0.3, -0.25) is 9.72 Å². The van der Waals surface area contributed by atoms with Gasteiger partial charge >= 0.3 is 12.1 Å². The van der Waals surface area contributed by atoms with Gasteiger partial charge in [0, 0.05) is 12.1 Å². The summed E-state index contributed by atoms with van der Waals surface area (Å²) in [5.41, 5.74) is 4.78. The zero-order chi connectivity index (χ0) is 20.7. The van der Waals surface area contributed by atoms with Crippen molar-refractivity contribution in [1.82, 2.24) is 9.38 Å². The Morgan fingerprint density at radius 3 is 2.27 bits per heavy atom. The van der Waals surface area contributed by atoms with Gasteiger partial charge in [-0.05, 0) is 34.4 Å². The summed E-state index contributed by atoms with van der Waals surface area (Å²) in [5.74, 6) is -1.13. The van der Waals surface area contributed by atoms with Crippen molar-refractivity contribution >= 4 is 23.5 Å². The van der Waals surface area contributed by atoms with Crippen molar-refractivity contribution in [2.24, 2.45) is 0 Å². The van der Waals surface area contributed by atoms with Crippen LogP contribution in [0.4, 0.5) is 10.7 Å². The summed E-state index contributed by atoms with van der Waals surface area (Å²) >= 11 is 0. The van der Waals surface area contributed by atoms with Crippen LogP contribution in [0.3, 0.4) is 0 Å². The molecule has 0 saturated heterocycles. The lowest BCUT2D eigenvalue weighted by molar-refractivity contribution is 0.0693.